The van der Waals surface area contributed by atoms with E-state index in [0.29, 0.717) is 17.9 Å². The van der Waals surface area contributed by atoms with Gasteiger partial charge in [0.2, 0.25) is 17.9 Å². The molecule has 0 saturated carbocycles. The van der Waals surface area contributed by atoms with Crippen LogP contribution >= 0.6 is 11.8 Å². The number of carbonyl (C=O) groups is 3. The summed E-state index contributed by atoms with van der Waals surface area (Å²) < 4.78 is 43.6. The summed E-state index contributed by atoms with van der Waals surface area (Å²) in [4.78, 5) is 39.2. The monoisotopic (exact) mass is 537 g/mol. The number of ether oxygens (including phenoxy) is 1. The van der Waals surface area contributed by atoms with Gasteiger partial charge in [0.1, 0.15) is 23.9 Å². The first-order valence-electron chi connectivity index (χ1n) is 11.4. The lowest BCUT2D eigenvalue weighted by atomic mass is 10.1. The minimum Gasteiger partial charge on any atom is -0.497 e. The van der Waals surface area contributed by atoms with E-state index < -0.39 is 29.7 Å². The molecule has 0 aliphatic rings. The quantitative estimate of drug-likeness (QED) is 0.240. The number of methoxy groups -OCH3 is 1. The van der Waals surface area contributed by atoms with Gasteiger partial charge in [-0.3, -0.25) is 9.59 Å². The number of pyridine rings is 1. The Labute approximate surface area is 215 Å². The van der Waals surface area contributed by atoms with Gasteiger partial charge in [-0.1, -0.05) is 0 Å². The maximum atomic E-state index is 13.1. The smallest absolute Gasteiger partial charge is 0.450 e. The maximum Gasteiger partial charge on any atom is 0.450 e. The largest absolute Gasteiger partial charge is 0.497 e. The molecule has 0 saturated heterocycles. The van der Waals surface area contributed by atoms with Crippen LogP contribution in [0.5, 0.6) is 5.75 Å². The van der Waals surface area contributed by atoms with E-state index in [0.717, 1.165) is 33.9 Å². The number of rotatable bonds is 12. The number of ketones is 1. The molecule has 0 bridgehead atoms. The number of anilines is 1. The number of primary amides is 1. The number of amides is 1. The highest BCUT2D eigenvalue weighted by Crippen LogP contribution is 2.27. The van der Waals surface area contributed by atoms with E-state index in [-0.39, 0.29) is 24.5 Å². The molecule has 0 unspecified atom stereocenters. The van der Waals surface area contributed by atoms with Crippen LogP contribution in [0.1, 0.15) is 28.9 Å². The summed E-state index contributed by atoms with van der Waals surface area (Å²) in [5, 5.41) is 3.88. The van der Waals surface area contributed by atoms with Gasteiger partial charge in [-0.15, -0.1) is 4.57 Å². The molecule has 2 aromatic heterocycles. The Balaban J connectivity index is 1.63. The van der Waals surface area contributed by atoms with E-state index >= 15 is 0 Å². The molecule has 1 atom stereocenters. The molecule has 0 spiro atoms. The molecule has 12 heteroatoms. The van der Waals surface area contributed by atoms with Crippen molar-refractivity contribution in [3.8, 4) is 5.75 Å². The third-order valence-corrected chi connectivity index (χ3v) is 6.80. The Morgan fingerprint density at radius 2 is 2.00 bits per heavy atom. The second-order valence-corrected chi connectivity index (χ2v) is 9.53. The van der Waals surface area contributed by atoms with Crippen molar-refractivity contribution < 1.29 is 36.9 Å². The van der Waals surface area contributed by atoms with Crippen LogP contribution in [0.3, 0.4) is 0 Å². The maximum absolute atomic E-state index is 13.1. The van der Waals surface area contributed by atoms with Crippen LogP contribution in [0.4, 0.5) is 18.9 Å². The zero-order valence-electron chi connectivity index (χ0n) is 20.4. The number of H-pyrrole nitrogens is 1. The molecule has 0 aliphatic carbocycles. The number of aromatic amines is 1. The summed E-state index contributed by atoms with van der Waals surface area (Å²) >= 11 is 0.852. The number of hydrogen-bond acceptors (Lipinski definition) is 6. The van der Waals surface area contributed by atoms with Crippen LogP contribution < -0.4 is 20.4 Å². The lowest BCUT2D eigenvalue weighted by Gasteiger charge is -2.15. The van der Waals surface area contributed by atoms with Crippen LogP contribution in [0.15, 0.2) is 42.7 Å². The average molecular weight is 538 g/mol. The van der Waals surface area contributed by atoms with Crippen molar-refractivity contribution in [2.45, 2.75) is 38.4 Å². The van der Waals surface area contributed by atoms with Gasteiger partial charge in [0.15, 0.2) is 6.20 Å². The SMILES string of the molecule is COc1ccc2[nH]c(C)c(CC(=O)[n+]3cccc(N[C@@H](CCCSCC(=O)C(F)(F)F)C(N)=O)c3)c2c1. The van der Waals surface area contributed by atoms with Crippen molar-refractivity contribution in [3.05, 3.63) is 54.0 Å². The predicted octanol–water partition coefficient (Wildman–Crippen LogP) is 3.57. The molecule has 8 nitrogen and oxygen atoms in total. The standard InChI is InChI=1S/C25H27F3N4O4S/c1-15-18(19-11-17(36-2)7-8-20(19)30-15)12-23(34)32-9-3-5-16(13-32)31-21(24(29)35)6-4-10-37-14-22(33)25(26,27)28/h3,5,7-9,11,13,21,30-31H,4,6,10,12,14H2,1-2H3,(H-,29,35)/p+1/t21-/m0/s1. The molecule has 4 N–H and O–H groups in total. The fourth-order valence-corrected chi connectivity index (χ4v) is 4.66. The number of Topliss-reactive ketones (excluding diaryl/α,β-unsaturated/α-hetero) is 1. The third-order valence-electron chi connectivity index (χ3n) is 5.76. The number of nitrogens with one attached hydrogen (secondary N) is 2. The first-order chi connectivity index (χ1) is 17.5. The Kier molecular flexibility index (Phi) is 9.19. The second kappa shape index (κ2) is 12.1. The van der Waals surface area contributed by atoms with Crippen molar-refractivity contribution in [2.75, 3.05) is 23.9 Å². The third kappa shape index (κ3) is 7.48. The summed E-state index contributed by atoms with van der Waals surface area (Å²) in [6, 6.07) is 8.14. The number of halogens is 3. The molecule has 198 valence electrons. The van der Waals surface area contributed by atoms with Gasteiger partial charge in [0.05, 0.1) is 12.9 Å². The van der Waals surface area contributed by atoms with E-state index in [4.69, 9.17) is 10.5 Å². The van der Waals surface area contributed by atoms with Gasteiger partial charge >= 0.3 is 12.1 Å². The molecule has 0 radical (unpaired) electrons. The number of nitrogens with zero attached hydrogens (tertiary/aromatic N) is 1. The molecule has 2 heterocycles. The van der Waals surface area contributed by atoms with Crippen LogP contribution in [-0.2, 0) is 16.0 Å². The number of aromatic nitrogens is 2. The number of hydrogen-bond donors (Lipinski definition) is 3. The number of aryl methyl sites for hydroxylation is 1. The van der Waals surface area contributed by atoms with Gasteiger partial charge < -0.3 is 20.8 Å². The first kappa shape index (κ1) is 28.0. The Hall–Kier alpha value is -3.54. The van der Waals surface area contributed by atoms with E-state index in [1.54, 1.807) is 31.6 Å². The van der Waals surface area contributed by atoms with Crippen LogP contribution in [0, 0.1) is 6.92 Å². The van der Waals surface area contributed by atoms with E-state index in [1.165, 1.54) is 4.57 Å². The lowest BCUT2D eigenvalue weighted by Crippen LogP contribution is -2.44. The Bertz CT molecular complexity index is 1290. The van der Waals surface area contributed by atoms with E-state index in [1.807, 2.05) is 25.1 Å². The van der Waals surface area contributed by atoms with Gasteiger partial charge in [-0.25, -0.2) is 4.79 Å². The van der Waals surface area contributed by atoms with Crippen molar-refractivity contribution in [1.82, 2.24) is 4.98 Å². The van der Waals surface area contributed by atoms with Crippen LogP contribution in [0.2, 0.25) is 0 Å². The Morgan fingerprint density at radius 3 is 2.68 bits per heavy atom. The number of benzene rings is 1. The summed E-state index contributed by atoms with van der Waals surface area (Å²) in [6.07, 6.45) is -0.941. The number of alkyl halides is 3. The molecule has 1 amide bonds. The minimum atomic E-state index is -4.84. The Morgan fingerprint density at radius 1 is 1.24 bits per heavy atom. The van der Waals surface area contributed by atoms with Crippen molar-refractivity contribution in [2.24, 2.45) is 5.73 Å². The summed E-state index contributed by atoms with van der Waals surface area (Å²) in [7, 11) is 1.58. The topological polar surface area (TPSA) is 118 Å². The lowest BCUT2D eigenvalue weighted by molar-refractivity contribution is -0.573. The van der Waals surface area contributed by atoms with Gasteiger partial charge in [0, 0.05) is 22.7 Å². The minimum absolute atomic E-state index is 0.125. The van der Waals surface area contributed by atoms with Crippen LogP contribution in [0.25, 0.3) is 10.9 Å². The number of fused-ring (bicyclic) bond motifs is 1. The van der Waals surface area contributed by atoms with Gasteiger partial charge in [0.25, 0.3) is 0 Å². The average Bonchev–Trinajstić information content (AvgIpc) is 3.16. The normalized spacial score (nSPS) is 12.4. The molecule has 1 aromatic carbocycles. The fraction of sp³-hybridized carbons (Fsp3) is 0.360. The predicted molar refractivity (Wildman–Crippen MR) is 135 cm³/mol. The molecule has 0 aliphatic heterocycles. The molecule has 3 aromatic rings. The fourth-order valence-electron chi connectivity index (χ4n) is 3.80. The second-order valence-electron chi connectivity index (χ2n) is 8.43. The van der Waals surface area contributed by atoms with Crippen molar-refractivity contribution >= 4 is 45.9 Å². The molecular formula is C25H28F3N4O4S+. The molecular weight excluding hydrogens is 509 g/mol. The van der Waals surface area contributed by atoms with Crippen LogP contribution in [-0.4, -0.2) is 53.4 Å². The summed E-state index contributed by atoms with van der Waals surface area (Å²) in [6.45, 7) is 1.90. The highest BCUT2D eigenvalue weighted by atomic mass is 32.2. The molecule has 0 fully saturated rings. The van der Waals surface area contributed by atoms with Gasteiger partial charge in [-0.05, 0) is 55.3 Å². The summed E-state index contributed by atoms with van der Waals surface area (Å²) in [5.41, 5.74) is 8.58. The van der Waals surface area contributed by atoms with Crippen molar-refractivity contribution in [1.29, 1.82) is 0 Å². The number of thioether (sulfide) groups is 1. The van der Waals surface area contributed by atoms with E-state index in [2.05, 4.69) is 10.3 Å². The number of nitrogens with two attached hydrogens (primary N) is 1. The molecule has 3 rings (SSSR count). The zero-order chi connectivity index (χ0) is 27.2. The van der Waals surface area contributed by atoms with Crippen molar-refractivity contribution in [3.63, 3.8) is 0 Å². The highest BCUT2D eigenvalue weighted by molar-refractivity contribution is 7.99. The van der Waals surface area contributed by atoms with Gasteiger partial charge in [-0.2, -0.15) is 24.9 Å². The highest BCUT2D eigenvalue weighted by Gasteiger charge is 2.37. The number of carbonyl (C=O) groups excluding carboxylic acids is 3. The zero-order valence-corrected chi connectivity index (χ0v) is 21.2. The van der Waals surface area contributed by atoms with E-state index in [9.17, 15) is 27.6 Å². The first-order valence-corrected chi connectivity index (χ1v) is 12.6. The molecule has 37 heavy (non-hydrogen) atoms. The summed E-state index contributed by atoms with van der Waals surface area (Å²) in [5.74, 6) is -2.35.